The van der Waals surface area contributed by atoms with Crippen molar-refractivity contribution in [1.82, 2.24) is 39.6 Å². The number of hydrogen-bond donors (Lipinski definition) is 1. The minimum atomic E-state index is 0.178. The molecular weight excluding hydrogens is 502 g/mol. The zero-order valence-electron chi connectivity index (χ0n) is 23.8. The highest BCUT2D eigenvalue weighted by Crippen LogP contribution is 2.25. The second-order valence-corrected chi connectivity index (χ2v) is 11.2. The number of hydrogen-bond acceptors (Lipinski definition) is 9. The topological polar surface area (TPSA) is 98.8 Å². The van der Waals surface area contributed by atoms with E-state index in [1.807, 2.05) is 0 Å². The molecule has 40 heavy (non-hydrogen) atoms. The molecule has 3 aromatic heterocycles. The Morgan fingerprint density at radius 1 is 0.850 bits per heavy atom. The van der Waals surface area contributed by atoms with Crippen molar-refractivity contribution >= 4 is 11.5 Å². The molecule has 0 spiro atoms. The van der Waals surface area contributed by atoms with E-state index in [1.54, 1.807) is 20.8 Å². The van der Waals surface area contributed by atoms with Crippen molar-refractivity contribution in [3.8, 4) is 17.0 Å². The molecule has 7 rings (SSSR count). The zero-order chi connectivity index (χ0) is 27.6. The zero-order valence-corrected chi connectivity index (χ0v) is 23.8. The average molecular weight is 542 g/mol. The van der Waals surface area contributed by atoms with Crippen LogP contribution in [0.3, 0.4) is 0 Å². The van der Waals surface area contributed by atoms with Gasteiger partial charge in [-0.2, -0.15) is 19.7 Å². The standard InChI is InChI=1S/C22H29N5.C8H10N4O/c1-2-12-26(11-1)20-8-5-18(6-9-20)22-10-7-19(23-24-22)16-25-14-15-27-13-3-4-21(27)17-25;1-4-7(13)5(2)12-8(9-4)10-6(3)11-12/h5-10,21H,1-4,11-17H2;13H,1-3H3/t21-;/m1./s1. The van der Waals surface area contributed by atoms with Crippen molar-refractivity contribution in [2.24, 2.45) is 0 Å². The Morgan fingerprint density at radius 2 is 1.65 bits per heavy atom. The summed E-state index contributed by atoms with van der Waals surface area (Å²) in [5, 5.41) is 22.7. The third-order valence-electron chi connectivity index (χ3n) is 8.38. The van der Waals surface area contributed by atoms with Crippen LogP contribution in [0, 0.1) is 20.8 Å². The quantitative estimate of drug-likeness (QED) is 0.414. The van der Waals surface area contributed by atoms with Crippen molar-refractivity contribution in [3.63, 3.8) is 0 Å². The molecule has 10 nitrogen and oxygen atoms in total. The summed E-state index contributed by atoms with van der Waals surface area (Å²) in [6, 6.07) is 13.8. The lowest BCUT2D eigenvalue weighted by atomic mass is 10.1. The highest BCUT2D eigenvalue weighted by molar-refractivity contribution is 5.63. The number of aromatic nitrogens is 6. The van der Waals surface area contributed by atoms with E-state index in [-0.39, 0.29) is 5.75 Å². The number of rotatable bonds is 4. The molecule has 10 heteroatoms. The number of fused-ring (bicyclic) bond motifs is 2. The predicted molar refractivity (Wildman–Crippen MR) is 155 cm³/mol. The third-order valence-corrected chi connectivity index (χ3v) is 8.38. The molecule has 0 radical (unpaired) electrons. The van der Waals surface area contributed by atoms with E-state index in [1.165, 1.54) is 68.6 Å². The summed E-state index contributed by atoms with van der Waals surface area (Å²) in [5.41, 5.74) is 5.77. The van der Waals surface area contributed by atoms with E-state index in [2.05, 4.69) is 76.4 Å². The Kier molecular flexibility index (Phi) is 7.62. The smallest absolute Gasteiger partial charge is 0.253 e. The first kappa shape index (κ1) is 26.6. The molecular formula is C30H39N9O. The maximum absolute atomic E-state index is 9.56. The van der Waals surface area contributed by atoms with E-state index < -0.39 is 0 Å². The van der Waals surface area contributed by atoms with Crippen LogP contribution in [0.5, 0.6) is 5.75 Å². The lowest BCUT2D eigenvalue weighted by molar-refractivity contribution is 0.0982. The Morgan fingerprint density at radius 3 is 2.40 bits per heavy atom. The number of anilines is 1. The van der Waals surface area contributed by atoms with Crippen molar-refractivity contribution in [2.75, 3.05) is 44.2 Å². The normalized spacial score (nSPS) is 19.6. The van der Waals surface area contributed by atoms with Crippen LogP contribution in [0.15, 0.2) is 36.4 Å². The Labute approximate surface area is 235 Å². The molecule has 0 amide bonds. The fourth-order valence-electron chi connectivity index (χ4n) is 6.11. The minimum absolute atomic E-state index is 0.178. The predicted octanol–water partition coefficient (Wildman–Crippen LogP) is 3.78. The first-order chi connectivity index (χ1) is 19.4. The van der Waals surface area contributed by atoms with Crippen LogP contribution < -0.4 is 4.90 Å². The number of benzene rings is 1. The first-order valence-electron chi connectivity index (χ1n) is 14.5. The molecule has 3 aliphatic rings. The van der Waals surface area contributed by atoms with Gasteiger partial charge in [0.2, 0.25) is 0 Å². The van der Waals surface area contributed by atoms with Crippen LogP contribution in [0.4, 0.5) is 5.69 Å². The molecule has 3 fully saturated rings. The molecule has 3 aliphatic heterocycles. The fraction of sp³-hybridized carbons (Fsp3) is 0.500. The highest BCUT2D eigenvalue weighted by Gasteiger charge is 2.30. The SMILES string of the molecule is Cc1nc2nc(C)c(O)c(C)n2n1.c1cc(N2CCCC2)ccc1-c1ccc(CN2CCN3CCC[C@@H]3C2)nn1. The monoisotopic (exact) mass is 541 g/mol. The van der Waals surface area contributed by atoms with Gasteiger partial charge in [-0.25, -0.2) is 4.98 Å². The number of aromatic hydroxyl groups is 1. The van der Waals surface area contributed by atoms with Crippen LogP contribution in [0.1, 0.15) is 48.6 Å². The van der Waals surface area contributed by atoms with Crippen molar-refractivity contribution < 1.29 is 5.11 Å². The van der Waals surface area contributed by atoms with E-state index in [0.717, 1.165) is 36.1 Å². The molecule has 1 atom stereocenters. The summed E-state index contributed by atoms with van der Waals surface area (Å²) in [6.45, 7) is 13.4. The van der Waals surface area contributed by atoms with Gasteiger partial charge in [0.15, 0.2) is 5.75 Å². The summed E-state index contributed by atoms with van der Waals surface area (Å²) in [5.74, 6) is 1.36. The molecule has 6 heterocycles. The van der Waals surface area contributed by atoms with E-state index in [0.29, 0.717) is 23.0 Å². The van der Waals surface area contributed by atoms with Crippen LogP contribution in [0.25, 0.3) is 17.0 Å². The van der Waals surface area contributed by atoms with Gasteiger partial charge < -0.3 is 10.0 Å². The van der Waals surface area contributed by atoms with Gasteiger partial charge >= 0.3 is 0 Å². The lowest BCUT2D eigenvalue weighted by Gasteiger charge is -2.37. The molecule has 4 aromatic rings. The molecule has 0 bridgehead atoms. The van der Waals surface area contributed by atoms with Crippen LogP contribution in [-0.4, -0.2) is 90.0 Å². The summed E-state index contributed by atoms with van der Waals surface area (Å²) >= 11 is 0. The second kappa shape index (κ2) is 11.5. The van der Waals surface area contributed by atoms with Gasteiger partial charge in [-0.05, 0) is 77.3 Å². The maximum atomic E-state index is 9.56. The van der Waals surface area contributed by atoms with E-state index in [4.69, 9.17) is 0 Å². The number of nitrogens with zero attached hydrogens (tertiary/aromatic N) is 9. The van der Waals surface area contributed by atoms with Crippen LogP contribution in [0.2, 0.25) is 0 Å². The summed E-state index contributed by atoms with van der Waals surface area (Å²) in [4.78, 5) is 15.9. The van der Waals surface area contributed by atoms with Gasteiger partial charge in [-0.3, -0.25) is 9.80 Å². The van der Waals surface area contributed by atoms with Gasteiger partial charge in [0, 0.05) is 56.6 Å². The second-order valence-electron chi connectivity index (χ2n) is 11.2. The lowest BCUT2D eigenvalue weighted by Crippen LogP contribution is -2.49. The van der Waals surface area contributed by atoms with Gasteiger partial charge in [-0.1, -0.05) is 12.1 Å². The van der Waals surface area contributed by atoms with Crippen LogP contribution >= 0.6 is 0 Å². The third kappa shape index (κ3) is 5.64. The molecule has 0 saturated carbocycles. The number of piperazine rings is 1. The van der Waals surface area contributed by atoms with Gasteiger partial charge in [0.25, 0.3) is 5.78 Å². The van der Waals surface area contributed by atoms with E-state index >= 15 is 0 Å². The van der Waals surface area contributed by atoms with E-state index in [9.17, 15) is 5.11 Å². The Bertz CT molecular complexity index is 1450. The fourth-order valence-corrected chi connectivity index (χ4v) is 6.11. The molecule has 210 valence electrons. The van der Waals surface area contributed by atoms with Gasteiger partial charge in [0.1, 0.15) is 5.82 Å². The average Bonchev–Trinajstić information content (AvgIpc) is 3.74. The summed E-state index contributed by atoms with van der Waals surface area (Å²) < 4.78 is 1.54. The molecule has 1 N–H and O–H groups in total. The first-order valence-corrected chi connectivity index (χ1v) is 14.5. The molecule has 1 aromatic carbocycles. The molecule has 0 unspecified atom stereocenters. The van der Waals surface area contributed by atoms with Crippen LogP contribution in [-0.2, 0) is 6.54 Å². The molecule has 3 saturated heterocycles. The number of aryl methyl sites for hydroxylation is 3. The van der Waals surface area contributed by atoms with Gasteiger partial charge in [-0.15, -0.1) is 5.10 Å². The molecule has 0 aliphatic carbocycles. The Balaban J connectivity index is 0.000000187. The minimum Gasteiger partial charge on any atom is -0.504 e. The Hall–Kier alpha value is -3.63. The largest absolute Gasteiger partial charge is 0.504 e. The summed E-state index contributed by atoms with van der Waals surface area (Å²) in [6.07, 6.45) is 5.34. The van der Waals surface area contributed by atoms with Crippen molar-refractivity contribution in [1.29, 1.82) is 0 Å². The summed E-state index contributed by atoms with van der Waals surface area (Å²) in [7, 11) is 0. The maximum Gasteiger partial charge on any atom is 0.253 e. The highest BCUT2D eigenvalue weighted by atomic mass is 16.3. The van der Waals surface area contributed by atoms with Crippen molar-refractivity contribution in [2.45, 2.75) is 59.0 Å². The van der Waals surface area contributed by atoms with Gasteiger partial charge in [0.05, 0.1) is 22.8 Å². The van der Waals surface area contributed by atoms with Crippen molar-refractivity contribution in [3.05, 3.63) is 59.3 Å².